The number of esters is 2. The van der Waals surface area contributed by atoms with Crippen molar-refractivity contribution >= 4 is 20.3 Å². The second kappa shape index (κ2) is 9.93. The van der Waals surface area contributed by atoms with E-state index in [4.69, 9.17) is 28.1 Å². The lowest BCUT2D eigenvalue weighted by Crippen LogP contribution is -2.72. The van der Waals surface area contributed by atoms with E-state index in [1.807, 2.05) is 30.3 Å². The number of benzene rings is 1. The van der Waals surface area contributed by atoms with Gasteiger partial charge in [-0.15, -0.1) is 0 Å². The molecule has 0 bridgehead atoms. The van der Waals surface area contributed by atoms with Crippen molar-refractivity contribution < 1.29 is 37.7 Å². The molecule has 0 aromatic heterocycles. The number of rotatable bonds is 7. The van der Waals surface area contributed by atoms with Crippen LogP contribution in [0.4, 0.5) is 0 Å². The van der Waals surface area contributed by atoms with Crippen LogP contribution in [0.2, 0.25) is 18.1 Å². The molecule has 1 unspecified atom stereocenters. The Balaban J connectivity index is 2.12. The van der Waals surface area contributed by atoms with E-state index in [0.717, 1.165) is 5.56 Å². The van der Waals surface area contributed by atoms with Gasteiger partial charge in [-0.2, -0.15) is 0 Å². The van der Waals surface area contributed by atoms with Gasteiger partial charge in [0.1, 0.15) is 23.7 Å². The molecule has 196 valence electrons. The van der Waals surface area contributed by atoms with Crippen LogP contribution < -0.4 is 0 Å². The zero-order valence-corrected chi connectivity index (χ0v) is 23.4. The average molecular weight is 509 g/mol. The molecule has 2 saturated heterocycles. The Kier molecular flexibility index (Phi) is 7.89. The van der Waals surface area contributed by atoms with Gasteiger partial charge in [0.25, 0.3) is 5.79 Å². The highest BCUT2D eigenvalue weighted by molar-refractivity contribution is 6.74. The van der Waals surface area contributed by atoms with Gasteiger partial charge in [-0.3, -0.25) is 9.59 Å². The monoisotopic (exact) mass is 508 g/mol. The van der Waals surface area contributed by atoms with Crippen molar-refractivity contribution in [3.8, 4) is 0 Å². The molecule has 35 heavy (non-hydrogen) atoms. The van der Waals surface area contributed by atoms with Gasteiger partial charge in [0.2, 0.25) is 0 Å². The first kappa shape index (κ1) is 27.8. The van der Waals surface area contributed by atoms with Crippen molar-refractivity contribution in [2.45, 2.75) is 97.0 Å². The normalized spacial score (nSPS) is 29.4. The maximum atomic E-state index is 13.2. The molecular formula is C26H40O8Si. The third-order valence-electron chi connectivity index (χ3n) is 7.33. The Labute approximate surface area is 209 Å². The second-order valence-corrected chi connectivity index (χ2v) is 16.0. The Morgan fingerprint density at radius 2 is 1.71 bits per heavy atom. The molecule has 0 amide bonds. The fraction of sp³-hybridized carbons (Fsp3) is 0.692. The first-order valence-electron chi connectivity index (χ1n) is 12.2. The minimum Gasteiger partial charge on any atom is -0.465 e. The standard InChI is InChI=1S/C26H40O8Si/c1-10-29-23(28)25(6,7)26(33-17(2)27)21(34-35(8,9)24(3,4)5)20-19(16-30-26)31-22(32-20)18-14-12-11-13-15-18/h11-15,19-22H,10,16H2,1-9H3/t19-,20-,21-,22-,26?/m1/s1. The minimum absolute atomic E-state index is 0.0570. The molecule has 2 aliphatic rings. The fourth-order valence-corrected chi connectivity index (χ4v) is 5.51. The molecule has 8 nitrogen and oxygen atoms in total. The quantitative estimate of drug-likeness (QED) is 0.385. The fourth-order valence-electron chi connectivity index (χ4n) is 4.23. The average Bonchev–Trinajstić information content (AvgIpc) is 3.19. The maximum Gasteiger partial charge on any atom is 0.318 e. The van der Waals surface area contributed by atoms with Crippen LogP contribution in [0.3, 0.4) is 0 Å². The second-order valence-electron chi connectivity index (χ2n) is 11.2. The largest absolute Gasteiger partial charge is 0.465 e. The Hall–Kier alpha value is -1.78. The highest BCUT2D eigenvalue weighted by atomic mass is 28.4. The van der Waals surface area contributed by atoms with Gasteiger partial charge >= 0.3 is 11.9 Å². The molecular weight excluding hydrogens is 468 g/mol. The molecule has 5 atom stereocenters. The van der Waals surface area contributed by atoms with E-state index in [0.29, 0.717) is 0 Å². The summed E-state index contributed by atoms with van der Waals surface area (Å²) in [5, 5.41) is -0.172. The Morgan fingerprint density at radius 3 is 2.26 bits per heavy atom. The number of carbonyl (C=O) groups excluding carboxylic acids is 2. The van der Waals surface area contributed by atoms with Crippen LogP contribution in [-0.2, 0) is 37.7 Å². The van der Waals surface area contributed by atoms with Crippen LogP contribution in [0, 0.1) is 5.41 Å². The smallest absolute Gasteiger partial charge is 0.318 e. The summed E-state index contributed by atoms with van der Waals surface area (Å²) in [6, 6.07) is 9.60. The first-order valence-corrected chi connectivity index (χ1v) is 15.1. The number of ether oxygens (including phenoxy) is 5. The molecule has 2 heterocycles. The van der Waals surface area contributed by atoms with Crippen molar-refractivity contribution in [1.82, 2.24) is 0 Å². The molecule has 2 aliphatic heterocycles. The predicted molar refractivity (Wildman–Crippen MR) is 132 cm³/mol. The zero-order valence-electron chi connectivity index (χ0n) is 22.4. The summed E-state index contributed by atoms with van der Waals surface area (Å²) in [5.74, 6) is -2.93. The van der Waals surface area contributed by atoms with Crippen molar-refractivity contribution in [3.63, 3.8) is 0 Å². The van der Waals surface area contributed by atoms with Crippen LogP contribution in [0.25, 0.3) is 0 Å². The van der Waals surface area contributed by atoms with Gasteiger partial charge in [-0.1, -0.05) is 51.1 Å². The summed E-state index contributed by atoms with van der Waals surface area (Å²) in [5.41, 5.74) is -0.545. The number of fused-ring (bicyclic) bond motifs is 1. The van der Waals surface area contributed by atoms with E-state index in [1.54, 1.807) is 20.8 Å². The van der Waals surface area contributed by atoms with Crippen LogP contribution in [0.15, 0.2) is 30.3 Å². The number of carbonyl (C=O) groups is 2. The van der Waals surface area contributed by atoms with E-state index in [1.165, 1.54) is 6.92 Å². The topological polar surface area (TPSA) is 89.5 Å². The third-order valence-corrected chi connectivity index (χ3v) is 11.8. The van der Waals surface area contributed by atoms with E-state index >= 15 is 0 Å². The van der Waals surface area contributed by atoms with Gasteiger partial charge in [0, 0.05) is 12.5 Å². The summed E-state index contributed by atoms with van der Waals surface area (Å²) in [4.78, 5) is 25.7. The molecule has 1 aromatic carbocycles. The lowest BCUT2D eigenvalue weighted by Gasteiger charge is -2.54. The molecule has 0 spiro atoms. The highest BCUT2D eigenvalue weighted by Crippen LogP contribution is 2.51. The summed E-state index contributed by atoms with van der Waals surface area (Å²) < 4.78 is 37.2. The molecule has 3 rings (SSSR count). The number of hydrogen-bond donors (Lipinski definition) is 0. The molecule has 0 aliphatic carbocycles. The highest BCUT2D eigenvalue weighted by Gasteiger charge is 2.69. The van der Waals surface area contributed by atoms with Gasteiger partial charge in [0.15, 0.2) is 14.6 Å². The molecule has 9 heteroatoms. The summed E-state index contributed by atoms with van der Waals surface area (Å²) >= 11 is 0. The lowest BCUT2D eigenvalue weighted by molar-refractivity contribution is -0.345. The van der Waals surface area contributed by atoms with Gasteiger partial charge in [0.05, 0.1) is 13.2 Å². The van der Waals surface area contributed by atoms with E-state index in [-0.39, 0.29) is 18.3 Å². The Bertz CT molecular complexity index is 910. The third kappa shape index (κ3) is 5.20. The molecule has 2 fully saturated rings. The first-order chi connectivity index (χ1) is 16.2. The molecule has 0 N–H and O–H groups in total. The van der Waals surface area contributed by atoms with Crippen molar-refractivity contribution in [2.75, 3.05) is 13.2 Å². The summed E-state index contributed by atoms with van der Waals surface area (Å²) in [6.07, 6.45) is -2.69. The van der Waals surface area contributed by atoms with Crippen LogP contribution in [-0.4, -0.2) is 57.6 Å². The van der Waals surface area contributed by atoms with Gasteiger partial charge < -0.3 is 28.1 Å². The molecule has 1 aromatic rings. The maximum absolute atomic E-state index is 13.2. The molecule has 0 saturated carbocycles. The zero-order chi connectivity index (χ0) is 26.2. The van der Waals surface area contributed by atoms with Crippen molar-refractivity contribution in [1.29, 1.82) is 0 Å². The lowest BCUT2D eigenvalue weighted by atomic mass is 9.76. The van der Waals surface area contributed by atoms with Gasteiger partial charge in [-0.05, 0) is 38.9 Å². The SMILES string of the molecule is CCOC(=O)C(C)(C)C1(OC(C)=O)OC[C@H]2O[C@@H](c3ccccc3)O[C@H]2[C@H]1O[Si](C)(C)C(C)(C)C. The summed E-state index contributed by atoms with van der Waals surface area (Å²) in [7, 11) is -2.48. The number of hydrogen-bond acceptors (Lipinski definition) is 8. The Morgan fingerprint density at radius 1 is 1.09 bits per heavy atom. The van der Waals surface area contributed by atoms with E-state index in [2.05, 4.69) is 33.9 Å². The van der Waals surface area contributed by atoms with E-state index in [9.17, 15) is 9.59 Å². The predicted octanol–water partition coefficient (Wildman–Crippen LogP) is 4.74. The van der Waals surface area contributed by atoms with Gasteiger partial charge in [-0.25, -0.2) is 0 Å². The summed E-state index contributed by atoms with van der Waals surface area (Å²) in [6.45, 7) is 17.1. The van der Waals surface area contributed by atoms with Crippen LogP contribution >= 0.6 is 0 Å². The van der Waals surface area contributed by atoms with Crippen molar-refractivity contribution in [3.05, 3.63) is 35.9 Å². The van der Waals surface area contributed by atoms with Crippen molar-refractivity contribution in [2.24, 2.45) is 5.41 Å². The molecule has 0 radical (unpaired) electrons. The van der Waals surface area contributed by atoms with E-state index < -0.39 is 56.1 Å². The van der Waals surface area contributed by atoms with Crippen LogP contribution in [0.5, 0.6) is 0 Å². The van der Waals surface area contributed by atoms with Crippen LogP contribution in [0.1, 0.15) is 60.3 Å². The minimum atomic E-state index is -2.48.